The molecular weight excluding hydrogens is 315 g/mol. The van der Waals surface area contributed by atoms with Crippen molar-refractivity contribution in [2.45, 2.75) is 5.16 Å². The first kappa shape index (κ1) is 15.4. The number of thioether (sulfide) groups is 1. The van der Waals surface area contributed by atoms with Gasteiger partial charge in [0.15, 0.2) is 10.9 Å². The van der Waals surface area contributed by atoms with Gasteiger partial charge in [-0.2, -0.15) is 0 Å². The van der Waals surface area contributed by atoms with Crippen molar-refractivity contribution in [3.63, 3.8) is 0 Å². The van der Waals surface area contributed by atoms with Crippen molar-refractivity contribution in [1.29, 1.82) is 0 Å². The van der Waals surface area contributed by atoms with E-state index in [1.165, 1.54) is 23.9 Å². The van der Waals surface area contributed by atoms with Crippen LogP contribution in [0.5, 0.6) is 0 Å². The normalized spacial score (nSPS) is 10.7. The number of imidazole rings is 1. The molecule has 1 amide bonds. The van der Waals surface area contributed by atoms with Gasteiger partial charge in [0.05, 0.1) is 16.9 Å². The Balaban J connectivity index is 2.00. The van der Waals surface area contributed by atoms with E-state index in [4.69, 9.17) is 0 Å². The molecule has 2 aromatic heterocycles. The molecule has 2 heterocycles. The van der Waals surface area contributed by atoms with Gasteiger partial charge >= 0.3 is 0 Å². The monoisotopic (exact) mass is 330 g/mol. The van der Waals surface area contributed by atoms with Crippen molar-refractivity contribution in [3.05, 3.63) is 54.1 Å². The maximum Gasteiger partial charge on any atom is 0.276 e. The molecule has 0 aliphatic heterocycles. The molecule has 0 saturated carbocycles. The minimum absolute atomic E-state index is 0.307. The first-order valence-corrected chi connectivity index (χ1v) is 8.16. The lowest BCUT2D eigenvalue weighted by Crippen LogP contribution is -2.14. The third-order valence-electron chi connectivity index (χ3n) is 3.41. The molecule has 0 atom stereocenters. The number of halogens is 1. The highest BCUT2D eigenvalue weighted by Gasteiger charge is 2.18. The van der Waals surface area contributed by atoms with E-state index in [1.54, 1.807) is 13.1 Å². The molecule has 23 heavy (non-hydrogen) atoms. The zero-order valence-electron chi connectivity index (χ0n) is 12.6. The zero-order valence-corrected chi connectivity index (χ0v) is 13.4. The Morgan fingerprint density at radius 1 is 1.26 bits per heavy atom. The van der Waals surface area contributed by atoms with Crippen molar-refractivity contribution in [2.75, 3.05) is 23.9 Å². The fraction of sp³-hybridized carbons (Fsp3) is 0.125. The van der Waals surface area contributed by atoms with Crippen LogP contribution in [0.4, 0.5) is 15.8 Å². The van der Waals surface area contributed by atoms with Crippen LogP contribution in [0.15, 0.2) is 47.8 Å². The lowest BCUT2D eigenvalue weighted by atomic mass is 10.2. The van der Waals surface area contributed by atoms with Gasteiger partial charge in [-0.15, -0.1) is 0 Å². The van der Waals surface area contributed by atoms with Crippen LogP contribution in [-0.4, -0.2) is 28.6 Å². The Kier molecular flexibility index (Phi) is 4.20. The SMILES string of the molecule is CNc1ccc(F)cc1NC(=O)c1nc(SC)n2ccccc12. The lowest BCUT2D eigenvalue weighted by molar-refractivity contribution is 0.102. The largest absolute Gasteiger partial charge is 0.386 e. The van der Waals surface area contributed by atoms with Gasteiger partial charge in [0, 0.05) is 13.2 Å². The second kappa shape index (κ2) is 6.29. The smallest absolute Gasteiger partial charge is 0.276 e. The summed E-state index contributed by atoms with van der Waals surface area (Å²) in [7, 11) is 1.71. The van der Waals surface area contributed by atoms with Crippen molar-refractivity contribution in [2.24, 2.45) is 0 Å². The number of aromatic nitrogens is 2. The Morgan fingerprint density at radius 3 is 2.83 bits per heavy atom. The molecule has 3 rings (SSSR count). The molecule has 2 N–H and O–H groups in total. The molecule has 1 aromatic carbocycles. The number of nitrogens with one attached hydrogen (secondary N) is 2. The zero-order chi connectivity index (χ0) is 16.4. The van der Waals surface area contributed by atoms with Crippen LogP contribution in [0.2, 0.25) is 0 Å². The van der Waals surface area contributed by atoms with Crippen molar-refractivity contribution < 1.29 is 9.18 Å². The number of hydrogen-bond donors (Lipinski definition) is 2. The second-order valence-electron chi connectivity index (χ2n) is 4.80. The number of carbonyl (C=O) groups is 1. The van der Waals surface area contributed by atoms with Crippen molar-refractivity contribution in [1.82, 2.24) is 9.38 Å². The minimum Gasteiger partial charge on any atom is -0.386 e. The molecule has 0 spiro atoms. The van der Waals surface area contributed by atoms with Gasteiger partial charge in [0.1, 0.15) is 5.82 Å². The number of anilines is 2. The van der Waals surface area contributed by atoms with E-state index in [0.717, 1.165) is 5.16 Å². The number of rotatable bonds is 4. The number of hydrogen-bond acceptors (Lipinski definition) is 4. The predicted octanol–water partition coefficient (Wildman–Crippen LogP) is 3.49. The fourth-order valence-electron chi connectivity index (χ4n) is 2.34. The quantitative estimate of drug-likeness (QED) is 0.719. The summed E-state index contributed by atoms with van der Waals surface area (Å²) in [6.45, 7) is 0. The van der Waals surface area contributed by atoms with Crippen LogP contribution >= 0.6 is 11.8 Å². The van der Waals surface area contributed by atoms with Gasteiger partial charge in [-0.25, -0.2) is 9.37 Å². The van der Waals surface area contributed by atoms with Crippen LogP contribution in [0, 0.1) is 5.82 Å². The highest BCUT2D eigenvalue weighted by Crippen LogP contribution is 2.25. The number of pyridine rings is 1. The first-order chi connectivity index (χ1) is 11.1. The summed E-state index contributed by atoms with van der Waals surface area (Å²) in [5, 5.41) is 6.36. The maximum absolute atomic E-state index is 13.4. The Hall–Kier alpha value is -2.54. The number of fused-ring (bicyclic) bond motifs is 1. The summed E-state index contributed by atoms with van der Waals surface area (Å²) in [4.78, 5) is 17.0. The van der Waals surface area contributed by atoms with Crippen molar-refractivity contribution in [3.8, 4) is 0 Å². The predicted molar refractivity (Wildman–Crippen MR) is 90.9 cm³/mol. The van der Waals surface area contributed by atoms with Gasteiger partial charge in [-0.05, 0) is 36.6 Å². The second-order valence-corrected chi connectivity index (χ2v) is 5.57. The molecule has 0 aliphatic carbocycles. The maximum atomic E-state index is 13.4. The highest BCUT2D eigenvalue weighted by molar-refractivity contribution is 7.98. The summed E-state index contributed by atoms with van der Waals surface area (Å²) >= 11 is 1.45. The van der Waals surface area contributed by atoms with Crippen molar-refractivity contribution >= 4 is 34.6 Å². The van der Waals surface area contributed by atoms with Crippen LogP contribution in [-0.2, 0) is 0 Å². The van der Waals surface area contributed by atoms with Gasteiger partial charge in [-0.1, -0.05) is 17.8 Å². The van der Waals surface area contributed by atoms with E-state index < -0.39 is 5.82 Å². The van der Waals surface area contributed by atoms with E-state index in [0.29, 0.717) is 22.6 Å². The van der Waals surface area contributed by atoms with Crippen LogP contribution in [0.1, 0.15) is 10.5 Å². The van der Waals surface area contributed by atoms with Gasteiger partial charge in [0.25, 0.3) is 5.91 Å². The third-order valence-corrected chi connectivity index (χ3v) is 4.07. The van der Waals surface area contributed by atoms with Gasteiger partial charge in [0.2, 0.25) is 0 Å². The summed E-state index contributed by atoms with van der Waals surface area (Å²) in [5.41, 5.74) is 2.02. The van der Waals surface area contributed by atoms with E-state index >= 15 is 0 Å². The molecule has 7 heteroatoms. The van der Waals surface area contributed by atoms with E-state index in [2.05, 4.69) is 15.6 Å². The summed E-state index contributed by atoms with van der Waals surface area (Å²) in [5.74, 6) is -0.796. The molecule has 0 bridgehead atoms. The average Bonchev–Trinajstić information content (AvgIpc) is 2.94. The van der Waals surface area contributed by atoms with E-state index in [9.17, 15) is 9.18 Å². The number of nitrogens with zero attached hydrogens (tertiary/aromatic N) is 2. The molecule has 0 unspecified atom stereocenters. The molecule has 5 nitrogen and oxygen atoms in total. The Bertz CT molecular complexity index is 878. The molecule has 3 aromatic rings. The molecule has 0 radical (unpaired) electrons. The molecule has 0 saturated heterocycles. The van der Waals surface area contributed by atoms with Gasteiger partial charge < -0.3 is 10.6 Å². The number of carbonyl (C=O) groups excluding carboxylic acids is 1. The first-order valence-electron chi connectivity index (χ1n) is 6.93. The summed E-state index contributed by atoms with van der Waals surface area (Å²) < 4.78 is 15.3. The van der Waals surface area contributed by atoms with Gasteiger partial charge in [-0.3, -0.25) is 9.20 Å². The number of benzene rings is 1. The Morgan fingerprint density at radius 2 is 2.09 bits per heavy atom. The average molecular weight is 330 g/mol. The van der Waals surface area contributed by atoms with Crippen LogP contribution < -0.4 is 10.6 Å². The fourth-order valence-corrected chi connectivity index (χ4v) is 2.88. The Labute approximate surface area is 136 Å². The lowest BCUT2D eigenvalue weighted by Gasteiger charge is -2.10. The molecular formula is C16H15FN4OS. The van der Waals surface area contributed by atoms with E-state index in [1.807, 2.05) is 35.1 Å². The third kappa shape index (κ3) is 2.87. The highest BCUT2D eigenvalue weighted by atomic mass is 32.2. The number of amides is 1. The standard InChI is InChI=1S/C16H15FN4OS/c1-18-11-7-6-10(17)9-12(11)19-15(22)14-13-5-3-4-8-21(13)16(20-14)23-2/h3-9,18H,1-2H3,(H,19,22). The molecule has 0 aliphatic rings. The summed E-state index contributed by atoms with van der Waals surface area (Å²) in [6.07, 6.45) is 3.75. The van der Waals surface area contributed by atoms with Crippen LogP contribution in [0.3, 0.4) is 0 Å². The molecule has 0 fully saturated rings. The van der Waals surface area contributed by atoms with Crippen LogP contribution in [0.25, 0.3) is 5.52 Å². The minimum atomic E-state index is -0.418. The topological polar surface area (TPSA) is 58.4 Å². The summed E-state index contributed by atoms with van der Waals surface area (Å²) in [6, 6.07) is 9.73. The van der Waals surface area contributed by atoms with E-state index in [-0.39, 0.29) is 5.91 Å². The molecule has 118 valence electrons.